The van der Waals surface area contributed by atoms with Crippen LogP contribution in [0.3, 0.4) is 0 Å². The van der Waals surface area contributed by atoms with Gasteiger partial charge in [-0.15, -0.1) is 11.3 Å². The quantitative estimate of drug-likeness (QED) is 0.895. The summed E-state index contributed by atoms with van der Waals surface area (Å²) in [4.78, 5) is 4.33. The third kappa shape index (κ3) is 3.55. The Morgan fingerprint density at radius 2 is 2.28 bits per heavy atom. The van der Waals surface area contributed by atoms with Crippen molar-refractivity contribution in [2.45, 2.75) is 26.3 Å². The largest absolute Gasteiger partial charge is 0.312 e. The lowest BCUT2D eigenvalue weighted by Crippen LogP contribution is -2.20. The predicted octanol–water partition coefficient (Wildman–Crippen LogP) is 4.00. The highest BCUT2D eigenvalue weighted by molar-refractivity contribution is 7.09. The highest BCUT2D eigenvalue weighted by Crippen LogP contribution is 2.18. The average molecular weight is 281 g/mol. The van der Waals surface area contributed by atoms with E-state index in [2.05, 4.69) is 30.2 Å². The molecule has 1 atom stereocenters. The number of nitrogens with one attached hydrogen (secondary N) is 1. The van der Waals surface area contributed by atoms with E-state index in [1.165, 1.54) is 16.1 Å². The molecule has 0 amide bonds. The van der Waals surface area contributed by atoms with Crippen molar-refractivity contribution in [3.63, 3.8) is 0 Å². The van der Waals surface area contributed by atoms with Gasteiger partial charge in [-0.2, -0.15) is 0 Å². The molecule has 18 heavy (non-hydrogen) atoms. The maximum absolute atomic E-state index is 5.94. The average Bonchev–Trinajstić information content (AvgIpc) is 2.85. The number of halogens is 1. The second-order valence-electron chi connectivity index (χ2n) is 4.47. The normalized spacial score (nSPS) is 12.6. The number of rotatable bonds is 5. The minimum absolute atomic E-state index is 0.456. The summed E-state index contributed by atoms with van der Waals surface area (Å²) >= 11 is 7.66. The van der Waals surface area contributed by atoms with Crippen molar-refractivity contribution < 1.29 is 0 Å². The number of hydrogen-bond donors (Lipinski definition) is 1. The van der Waals surface area contributed by atoms with E-state index in [0.717, 1.165) is 18.1 Å². The molecule has 0 aliphatic carbocycles. The first-order valence-electron chi connectivity index (χ1n) is 6.02. The molecule has 0 saturated heterocycles. The van der Waals surface area contributed by atoms with Gasteiger partial charge in [0.05, 0.1) is 5.01 Å². The zero-order valence-corrected chi connectivity index (χ0v) is 12.2. The minimum atomic E-state index is 0.456. The van der Waals surface area contributed by atoms with Crippen LogP contribution in [-0.4, -0.2) is 11.5 Å². The van der Waals surface area contributed by atoms with E-state index in [0.29, 0.717) is 5.92 Å². The van der Waals surface area contributed by atoms with Crippen LogP contribution in [-0.2, 0) is 6.54 Å². The van der Waals surface area contributed by atoms with Crippen molar-refractivity contribution in [1.82, 2.24) is 10.3 Å². The van der Waals surface area contributed by atoms with Gasteiger partial charge in [0.15, 0.2) is 0 Å². The van der Waals surface area contributed by atoms with Crippen LogP contribution in [0.25, 0.3) is 0 Å². The maximum Gasteiger partial charge on any atom is 0.0965 e. The molecular weight excluding hydrogens is 264 g/mol. The monoisotopic (exact) mass is 280 g/mol. The molecule has 1 aromatic heterocycles. The van der Waals surface area contributed by atoms with Crippen LogP contribution in [0.2, 0.25) is 5.02 Å². The molecule has 1 unspecified atom stereocenters. The Hall–Kier alpha value is -0.900. The van der Waals surface area contributed by atoms with Crippen LogP contribution >= 0.6 is 22.9 Å². The molecule has 2 rings (SSSR count). The molecule has 0 saturated carbocycles. The van der Waals surface area contributed by atoms with Crippen LogP contribution in [0.4, 0.5) is 0 Å². The van der Waals surface area contributed by atoms with E-state index in [1.807, 2.05) is 23.7 Å². The topological polar surface area (TPSA) is 24.9 Å². The van der Waals surface area contributed by atoms with E-state index in [-0.39, 0.29) is 0 Å². The highest BCUT2D eigenvalue weighted by Gasteiger charge is 2.07. The van der Waals surface area contributed by atoms with E-state index in [1.54, 1.807) is 11.3 Å². The Balaban J connectivity index is 1.85. The SMILES string of the molecule is Cc1cc(Cl)ccc1CNCC(C)c1nccs1. The summed E-state index contributed by atoms with van der Waals surface area (Å²) in [6.07, 6.45) is 1.86. The minimum Gasteiger partial charge on any atom is -0.312 e. The first-order chi connectivity index (χ1) is 8.66. The Kier molecular flexibility index (Phi) is 4.75. The van der Waals surface area contributed by atoms with Crippen LogP contribution in [0, 0.1) is 6.92 Å². The summed E-state index contributed by atoms with van der Waals surface area (Å²) in [6, 6.07) is 6.03. The zero-order chi connectivity index (χ0) is 13.0. The molecule has 1 heterocycles. The molecule has 2 aromatic rings. The molecule has 0 radical (unpaired) electrons. The standard InChI is InChI=1S/C14H17ClN2S/c1-10-7-13(15)4-3-12(10)9-16-8-11(2)14-17-5-6-18-14/h3-7,11,16H,8-9H2,1-2H3. The molecule has 0 spiro atoms. The maximum atomic E-state index is 5.94. The fourth-order valence-corrected chi connectivity index (χ4v) is 2.77. The lowest BCUT2D eigenvalue weighted by atomic mass is 10.1. The first kappa shape index (κ1) is 13.5. The van der Waals surface area contributed by atoms with Crippen LogP contribution in [0.15, 0.2) is 29.8 Å². The third-order valence-corrected chi connectivity index (χ3v) is 4.19. The van der Waals surface area contributed by atoms with Gasteiger partial charge < -0.3 is 5.32 Å². The Morgan fingerprint density at radius 3 is 2.94 bits per heavy atom. The highest BCUT2D eigenvalue weighted by atomic mass is 35.5. The van der Waals surface area contributed by atoms with Gasteiger partial charge in [0.25, 0.3) is 0 Å². The molecular formula is C14H17ClN2S. The summed E-state index contributed by atoms with van der Waals surface area (Å²) in [5.74, 6) is 0.456. The van der Waals surface area contributed by atoms with E-state index < -0.39 is 0 Å². The molecule has 0 aliphatic heterocycles. The van der Waals surface area contributed by atoms with Gasteiger partial charge in [-0.05, 0) is 30.2 Å². The summed E-state index contributed by atoms with van der Waals surface area (Å²) in [7, 11) is 0. The lowest BCUT2D eigenvalue weighted by Gasteiger charge is -2.11. The molecule has 2 nitrogen and oxygen atoms in total. The van der Waals surface area contributed by atoms with Crippen molar-refractivity contribution in [3.05, 3.63) is 50.9 Å². The molecule has 0 fully saturated rings. The van der Waals surface area contributed by atoms with Gasteiger partial charge in [-0.1, -0.05) is 24.6 Å². The van der Waals surface area contributed by atoms with Gasteiger partial charge in [-0.25, -0.2) is 4.98 Å². The van der Waals surface area contributed by atoms with Crippen molar-refractivity contribution >= 4 is 22.9 Å². The van der Waals surface area contributed by atoms with E-state index >= 15 is 0 Å². The number of aromatic nitrogens is 1. The fourth-order valence-electron chi connectivity index (χ4n) is 1.85. The van der Waals surface area contributed by atoms with Crippen LogP contribution in [0.5, 0.6) is 0 Å². The Morgan fingerprint density at radius 1 is 1.44 bits per heavy atom. The van der Waals surface area contributed by atoms with Crippen molar-refractivity contribution in [3.8, 4) is 0 Å². The molecule has 96 valence electrons. The second kappa shape index (κ2) is 6.32. The predicted molar refractivity (Wildman–Crippen MR) is 78.4 cm³/mol. The molecule has 4 heteroatoms. The fraction of sp³-hybridized carbons (Fsp3) is 0.357. The van der Waals surface area contributed by atoms with Crippen LogP contribution in [0.1, 0.15) is 29.0 Å². The smallest absolute Gasteiger partial charge is 0.0965 e. The number of aryl methyl sites for hydroxylation is 1. The van der Waals surface area contributed by atoms with Gasteiger partial charge in [-0.3, -0.25) is 0 Å². The summed E-state index contributed by atoms with van der Waals surface area (Å²) < 4.78 is 0. The third-order valence-electron chi connectivity index (χ3n) is 2.94. The summed E-state index contributed by atoms with van der Waals surface area (Å²) in [5.41, 5.74) is 2.53. The van der Waals surface area contributed by atoms with Crippen molar-refractivity contribution in [2.24, 2.45) is 0 Å². The zero-order valence-electron chi connectivity index (χ0n) is 10.6. The number of nitrogens with zero attached hydrogens (tertiary/aromatic N) is 1. The molecule has 1 aromatic carbocycles. The molecule has 0 bridgehead atoms. The number of hydrogen-bond acceptors (Lipinski definition) is 3. The summed E-state index contributed by atoms with van der Waals surface area (Å²) in [6.45, 7) is 6.10. The van der Waals surface area contributed by atoms with Crippen LogP contribution < -0.4 is 5.32 Å². The number of benzene rings is 1. The first-order valence-corrected chi connectivity index (χ1v) is 7.27. The second-order valence-corrected chi connectivity index (χ2v) is 5.84. The van der Waals surface area contributed by atoms with E-state index in [9.17, 15) is 0 Å². The molecule has 1 N–H and O–H groups in total. The van der Waals surface area contributed by atoms with Gasteiger partial charge in [0.1, 0.15) is 0 Å². The molecule has 0 aliphatic rings. The van der Waals surface area contributed by atoms with E-state index in [4.69, 9.17) is 11.6 Å². The summed E-state index contributed by atoms with van der Waals surface area (Å²) in [5, 5.41) is 7.49. The lowest BCUT2D eigenvalue weighted by molar-refractivity contribution is 0.611. The van der Waals surface area contributed by atoms with Crippen molar-refractivity contribution in [2.75, 3.05) is 6.54 Å². The Labute approximate surface area is 117 Å². The van der Waals surface area contributed by atoms with Gasteiger partial charge >= 0.3 is 0 Å². The van der Waals surface area contributed by atoms with Crippen molar-refractivity contribution in [1.29, 1.82) is 0 Å². The van der Waals surface area contributed by atoms with Gasteiger partial charge in [0.2, 0.25) is 0 Å². The van der Waals surface area contributed by atoms with Gasteiger partial charge in [0, 0.05) is 35.6 Å². The number of thiazole rings is 1. The Bertz CT molecular complexity index is 497.